The highest BCUT2D eigenvalue weighted by atomic mass is 32.1. The van der Waals surface area contributed by atoms with Crippen molar-refractivity contribution in [2.24, 2.45) is 7.05 Å². The van der Waals surface area contributed by atoms with Gasteiger partial charge in [-0.05, 0) is 43.2 Å². The molecule has 0 aliphatic heterocycles. The number of rotatable bonds is 2. The van der Waals surface area contributed by atoms with E-state index in [0.717, 1.165) is 5.56 Å². The van der Waals surface area contributed by atoms with Crippen LogP contribution in [-0.2, 0) is 7.05 Å². The number of thiophene rings is 1. The molecule has 0 aliphatic carbocycles. The summed E-state index contributed by atoms with van der Waals surface area (Å²) < 4.78 is 1.40. The van der Waals surface area contributed by atoms with Gasteiger partial charge < -0.3 is 15.0 Å². The topological polar surface area (TPSA) is 84.2 Å². The minimum Gasteiger partial charge on any atom is -0.508 e. The molecule has 3 rings (SSSR count). The van der Waals surface area contributed by atoms with Gasteiger partial charge in [-0.3, -0.25) is 9.59 Å². The molecule has 6 nitrogen and oxygen atoms in total. The van der Waals surface area contributed by atoms with E-state index >= 15 is 0 Å². The van der Waals surface area contributed by atoms with Crippen LogP contribution < -0.4 is 10.9 Å². The average Bonchev–Trinajstić information content (AvgIpc) is 2.84. The molecule has 0 fully saturated rings. The Bertz CT molecular complexity index is 988. The van der Waals surface area contributed by atoms with Crippen molar-refractivity contribution in [3.8, 4) is 5.75 Å². The van der Waals surface area contributed by atoms with Crippen LogP contribution in [0, 0.1) is 13.8 Å². The zero-order valence-corrected chi connectivity index (χ0v) is 13.7. The van der Waals surface area contributed by atoms with E-state index in [1.165, 1.54) is 28.3 Å². The molecule has 3 aromatic rings. The molecule has 0 unspecified atom stereocenters. The number of hydrogen-bond donors (Lipinski definition) is 2. The number of anilines is 1. The number of phenolic OH excluding ortho intramolecular Hbond substituents is 1. The van der Waals surface area contributed by atoms with Crippen LogP contribution in [0.25, 0.3) is 10.2 Å². The van der Waals surface area contributed by atoms with Gasteiger partial charge in [0.1, 0.15) is 10.6 Å². The zero-order chi connectivity index (χ0) is 16.7. The first-order valence-corrected chi connectivity index (χ1v) is 7.76. The van der Waals surface area contributed by atoms with Crippen molar-refractivity contribution in [2.45, 2.75) is 13.8 Å². The second-order valence-corrected chi connectivity index (χ2v) is 6.35. The summed E-state index contributed by atoms with van der Waals surface area (Å²) >= 11 is 1.20. The van der Waals surface area contributed by atoms with Crippen molar-refractivity contribution in [3.63, 3.8) is 0 Å². The Hall–Kier alpha value is -2.67. The average molecular weight is 329 g/mol. The van der Waals surface area contributed by atoms with E-state index in [2.05, 4.69) is 10.3 Å². The van der Waals surface area contributed by atoms with Gasteiger partial charge >= 0.3 is 0 Å². The predicted molar refractivity (Wildman–Crippen MR) is 90.4 cm³/mol. The standard InChI is InChI=1S/C16H15N3O3S/c1-8-6-10(20)4-5-11(8)18-14(21)13-9(2)12-15(23-13)17-7-19(3)16(12)22/h4-7,20H,1-3H3,(H,18,21). The molecule has 7 heteroatoms. The van der Waals surface area contributed by atoms with Gasteiger partial charge in [0.2, 0.25) is 0 Å². The summed E-state index contributed by atoms with van der Waals surface area (Å²) in [5.74, 6) is -0.146. The van der Waals surface area contributed by atoms with Gasteiger partial charge in [0.05, 0.1) is 16.6 Å². The molecule has 0 bridgehead atoms. The number of aryl methyl sites for hydroxylation is 3. The van der Waals surface area contributed by atoms with Gasteiger partial charge in [-0.15, -0.1) is 11.3 Å². The maximum atomic E-state index is 12.5. The van der Waals surface area contributed by atoms with Gasteiger partial charge in [0, 0.05) is 12.7 Å². The fourth-order valence-corrected chi connectivity index (χ4v) is 3.43. The highest BCUT2D eigenvalue weighted by molar-refractivity contribution is 7.20. The first kappa shape index (κ1) is 15.2. The van der Waals surface area contributed by atoms with Crippen LogP contribution in [0.5, 0.6) is 5.75 Å². The second kappa shape index (κ2) is 5.51. The number of aromatic hydroxyl groups is 1. The Morgan fingerprint density at radius 3 is 2.78 bits per heavy atom. The van der Waals surface area contributed by atoms with E-state index in [1.807, 2.05) is 0 Å². The Kier molecular flexibility index (Phi) is 3.65. The number of carbonyl (C=O) groups is 1. The largest absolute Gasteiger partial charge is 0.508 e. The highest BCUT2D eigenvalue weighted by Gasteiger charge is 2.19. The number of phenols is 1. The molecule has 0 aliphatic rings. The van der Waals surface area contributed by atoms with Crippen molar-refractivity contribution in [3.05, 3.63) is 50.9 Å². The summed E-state index contributed by atoms with van der Waals surface area (Å²) in [4.78, 5) is 30.0. The summed E-state index contributed by atoms with van der Waals surface area (Å²) in [6.07, 6.45) is 1.45. The Morgan fingerprint density at radius 1 is 1.35 bits per heavy atom. The number of benzene rings is 1. The summed E-state index contributed by atoms with van der Waals surface area (Å²) in [5, 5.41) is 12.7. The fraction of sp³-hybridized carbons (Fsp3) is 0.188. The molecule has 0 spiro atoms. The van der Waals surface area contributed by atoms with E-state index in [-0.39, 0.29) is 17.2 Å². The van der Waals surface area contributed by atoms with E-state index in [1.54, 1.807) is 33.0 Å². The van der Waals surface area contributed by atoms with Crippen molar-refractivity contribution in [1.82, 2.24) is 9.55 Å². The molecular weight excluding hydrogens is 314 g/mol. The van der Waals surface area contributed by atoms with Gasteiger partial charge in [-0.2, -0.15) is 0 Å². The third-order valence-electron chi connectivity index (χ3n) is 3.68. The van der Waals surface area contributed by atoms with Crippen LogP contribution in [0.3, 0.4) is 0 Å². The van der Waals surface area contributed by atoms with Crippen LogP contribution in [0.4, 0.5) is 5.69 Å². The smallest absolute Gasteiger partial charge is 0.266 e. The highest BCUT2D eigenvalue weighted by Crippen LogP contribution is 2.28. The molecular formula is C16H15N3O3S. The first-order chi connectivity index (χ1) is 10.9. The van der Waals surface area contributed by atoms with Gasteiger partial charge in [0.15, 0.2) is 0 Å². The predicted octanol–water partition coefficient (Wildman–Crippen LogP) is 2.57. The van der Waals surface area contributed by atoms with Crippen LogP contribution >= 0.6 is 11.3 Å². The van der Waals surface area contributed by atoms with Crippen molar-refractivity contribution in [2.75, 3.05) is 5.32 Å². The van der Waals surface area contributed by atoms with E-state index in [9.17, 15) is 14.7 Å². The quantitative estimate of drug-likeness (QED) is 0.708. The molecule has 1 amide bonds. The molecule has 2 N–H and O–H groups in total. The van der Waals surface area contributed by atoms with Crippen molar-refractivity contribution < 1.29 is 9.90 Å². The third-order valence-corrected chi connectivity index (χ3v) is 4.87. The normalized spacial score (nSPS) is 10.9. The Morgan fingerprint density at radius 2 is 2.09 bits per heavy atom. The lowest BCUT2D eigenvalue weighted by atomic mass is 10.1. The number of nitrogens with one attached hydrogen (secondary N) is 1. The minimum atomic E-state index is -0.290. The lowest BCUT2D eigenvalue weighted by Gasteiger charge is -2.08. The molecule has 0 radical (unpaired) electrons. The lowest BCUT2D eigenvalue weighted by molar-refractivity contribution is 0.103. The number of hydrogen-bond acceptors (Lipinski definition) is 5. The number of nitrogens with zero attached hydrogens (tertiary/aromatic N) is 2. The molecule has 2 aromatic heterocycles. The number of amides is 1. The monoisotopic (exact) mass is 329 g/mol. The van der Waals surface area contributed by atoms with Crippen molar-refractivity contribution >= 4 is 33.1 Å². The third kappa shape index (κ3) is 2.59. The number of carbonyl (C=O) groups excluding carboxylic acids is 1. The fourth-order valence-electron chi connectivity index (χ4n) is 2.39. The molecule has 23 heavy (non-hydrogen) atoms. The SMILES string of the molecule is Cc1cc(O)ccc1NC(=O)c1sc2ncn(C)c(=O)c2c1C. The summed E-state index contributed by atoms with van der Waals surface area (Å²) in [7, 11) is 1.63. The molecule has 118 valence electrons. The van der Waals surface area contributed by atoms with Crippen LogP contribution in [0.2, 0.25) is 0 Å². The minimum absolute atomic E-state index is 0.145. The van der Waals surface area contributed by atoms with Crippen LogP contribution in [-0.4, -0.2) is 20.6 Å². The number of aromatic nitrogens is 2. The van der Waals surface area contributed by atoms with Crippen LogP contribution in [0.15, 0.2) is 29.3 Å². The lowest BCUT2D eigenvalue weighted by Crippen LogP contribution is -2.17. The number of fused-ring (bicyclic) bond motifs is 1. The van der Waals surface area contributed by atoms with Gasteiger partial charge in [-0.25, -0.2) is 4.98 Å². The molecule has 1 aromatic carbocycles. The maximum Gasteiger partial charge on any atom is 0.266 e. The van der Waals surface area contributed by atoms with Gasteiger partial charge in [0.25, 0.3) is 11.5 Å². The van der Waals surface area contributed by atoms with Crippen LogP contribution in [0.1, 0.15) is 20.8 Å². The Labute approximate surface area is 136 Å². The first-order valence-electron chi connectivity index (χ1n) is 6.94. The van der Waals surface area contributed by atoms with Gasteiger partial charge in [-0.1, -0.05) is 0 Å². The molecule has 2 heterocycles. The van der Waals surface area contributed by atoms with E-state index in [4.69, 9.17) is 0 Å². The van der Waals surface area contributed by atoms with E-state index in [0.29, 0.717) is 26.3 Å². The summed E-state index contributed by atoms with van der Waals surface area (Å²) in [6.45, 7) is 3.55. The van der Waals surface area contributed by atoms with E-state index < -0.39 is 0 Å². The summed E-state index contributed by atoms with van der Waals surface area (Å²) in [6, 6.07) is 4.73. The van der Waals surface area contributed by atoms with Crippen molar-refractivity contribution in [1.29, 1.82) is 0 Å². The second-order valence-electron chi connectivity index (χ2n) is 5.35. The molecule has 0 saturated carbocycles. The molecule has 0 atom stereocenters. The molecule has 0 saturated heterocycles. The Balaban J connectivity index is 2.03. The summed E-state index contributed by atoms with van der Waals surface area (Å²) in [5.41, 5.74) is 1.84. The maximum absolute atomic E-state index is 12.5. The zero-order valence-electron chi connectivity index (χ0n) is 12.9.